The van der Waals surface area contributed by atoms with Crippen LogP contribution in [0.5, 0.6) is 0 Å². The lowest BCUT2D eigenvalue weighted by molar-refractivity contribution is 0.521. The molecule has 0 radical (unpaired) electrons. The van der Waals surface area contributed by atoms with E-state index in [2.05, 4.69) is 65.4 Å². The van der Waals surface area contributed by atoms with E-state index < -0.39 is 0 Å². The van der Waals surface area contributed by atoms with Crippen molar-refractivity contribution in [2.24, 2.45) is 5.84 Å². The molecule has 3 rings (SSSR count). The Balaban J connectivity index is 1.87. The summed E-state index contributed by atoms with van der Waals surface area (Å²) in [5.41, 5.74) is 4.26. The third-order valence-electron chi connectivity index (χ3n) is 3.66. The van der Waals surface area contributed by atoms with Gasteiger partial charge in [0.05, 0.1) is 0 Å². The molecule has 1 aromatic heterocycles. The van der Waals surface area contributed by atoms with Gasteiger partial charge in [0.15, 0.2) is 0 Å². The fourth-order valence-electron chi connectivity index (χ4n) is 2.62. The maximum absolute atomic E-state index is 5.79. The number of benzene rings is 2. The van der Waals surface area contributed by atoms with Crippen LogP contribution in [0, 0.1) is 0 Å². The smallest absolute Gasteiger partial charge is 0.0469 e. The van der Waals surface area contributed by atoms with E-state index in [1.165, 1.54) is 21.2 Å². The summed E-state index contributed by atoms with van der Waals surface area (Å²) in [6.45, 7) is 0. The van der Waals surface area contributed by atoms with Gasteiger partial charge in [-0.05, 0) is 40.6 Å². The number of nitrogens with two attached hydrogens (primary N) is 1. The molecule has 1 atom stereocenters. The minimum absolute atomic E-state index is 0.184. The average molecular weight is 282 g/mol. The molecule has 0 fully saturated rings. The molecule has 0 aliphatic rings. The third-order valence-corrected chi connectivity index (χ3v) is 4.60. The highest BCUT2D eigenvalue weighted by Crippen LogP contribution is 2.27. The molecule has 0 bridgehead atoms. The molecule has 0 aliphatic heterocycles. The van der Waals surface area contributed by atoms with Gasteiger partial charge in [-0.2, -0.15) is 0 Å². The van der Waals surface area contributed by atoms with E-state index in [1.54, 1.807) is 11.3 Å². The molecular weight excluding hydrogens is 264 g/mol. The van der Waals surface area contributed by atoms with E-state index in [1.807, 2.05) is 0 Å². The predicted octanol–water partition coefficient (Wildman–Crippen LogP) is 4.04. The topological polar surface area (TPSA) is 38.0 Å². The van der Waals surface area contributed by atoms with E-state index in [-0.39, 0.29) is 6.04 Å². The normalized spacial score (nSPS) is 12.7. The number of hydrogen-bond acceptors (Lipinski definition) is 3. The molecule has 2 aromatic carbocycles. The molecule has 0 spiro atoms. The van der Waals surface area contributed by atoms with Crippen LogP contribution in [0.4, 0.5) is 0 Å². The van der Waals surface area contributed by atoms with Crippen molar-refractivity contribution in [1.82, 2.24) is 5.43 Å². The summed E-state index contributed by atoms with van der Waals surface area (Å²) in [7, 11) is 0. The van der Waals surface area contributed by atoms with Gasteiger partial charge in [0, 0.05) is 10.9 Å². The molecule has 0 saturated carbocycles. The van der Waals surface area contributed by atoms with Crippen LogP contribution in [0.15, 0.2) is 60.0 Å². The lowest BCUT2D eigenvalue weighted by atomic mass is 9.96. The quantitative estimate of drug-likeness (QED) is 0.547. The number of rotatable bonds is 5. The number of thiophene rings is 1. The first-order valence-corrected chi connectivity index (χ1v) is 7.72. The van der Waals surface area contributed by atoms with Crippen LogP contribution >= 0.6 is 11.3 Å². The van der Waals surface area contributed by atoms with E-state index >= 15 is 0 Å². The molecule has 3 N–H and O–H groups in total. The van der Waals surface area contributed by atoms with Crippen molar-refractivity contribution in [1.29, 1.82) is 0 Å². The average Bonchev–Trinajstić information content (AvgIpc) is 3.01. The summed E-state index contributed by atoms with van der Waals surface area (Å²) >= 11 is 1.81. The van der Waals surface area contributed by atoms with Crippen LogP contribution in [0.3, 0.4) is 0 Å². The fourth-order valence-corrected chi connectivity index (χ4v) is 3.35. The van der Waals surface area contributed by atoms with Gasteiger partial charge in [0.25, 0.3) is 0 Å². The zero-order chi connectivity index (χ0) is 13.8. The zero-order valence-electron chi connectivity index (χ0n) is 11.3. The Hall–Kier alpha value is -1.68. The van der Waals surface area contributed by atoms with Crippen LogP contribution in [0.2, 0.25) is 0 Å². The van der Waals surface area contributed by atoms with Crippen molar-refractivity contribution < 1.29 is 0 Å². The minimum Gasteiger partial charge on any atom is -0.271 e. The second-order valence-electron chi connectivity index (χ2n) is 4.91. The number of aryl methyl sites for hydroxylation is 1. The number of nitrogens with one attached hydrogen (secondary N) is 1. The van der Waals surface area contributed by atoms with Gasteiger partial charge in [-0.15, -0.1) is 11.3 Å². The molecule has 0 aliphatic carbocycles. The molecule has 3 aromatic rings. The Morgan fingerprint density at radius 1 is 1.00 bits per heavy atom. The zero-order valence-corrected chi connectivity index (χ0v) is 12.1. The highest BCUT2D eigenvalue weighted by atomic mass is 32.1. The lowest BCUT2D eigenvalue weighted by Gasteiger charge is -2.18. The monoisotopic (exact) mass is 282 g/mol. The van der Waals surface area contributed by atoms with E-state index in [9.17, 15) is 0 Å². The van der Waals surface area contributed by atoms with Crippen molar-refractivity contribution in [3.05, 3.63) is 70.4 Å². The highest BCUT2D eigenvalue weighted by Gasteiger charge is 2.12. The third kappa shape index (κ3) is 2.75. The molecule has 1 heterocycles. The number of fused-ring (bicyclic) bond motifs is 1. The minimum atomic E-state index is 0.184. The molecule has 102 valence electrons. The van der Waals surface area contributed by atoms with Gasteiger partial charge in [0.2, 0.25) is 0 Å². The second kappa shape index (κ2) is 6.18. The molecule has 20 heavy (non-hydrogen) atoms. The Kier molecular flexibility index (Phi) is 4.11. The van der Waals surface area contributed by atoms with E-state index in [4.69, 9.17) is 5.84 Å². The summed E-state index contributed by atoms with van der Waals surface area (Å²) in [4.78, 5) is 1.41. The van der Waals surface area contributed by atoms with Gasteiger partial charge in [-0.25, -0.2) is 0 Å². The van der Waals surface area contributed by atoms with Gasteiger partial charge < -0.3 is 0 Å². The summed E-state index contributed by atoms with van der Waals surface area (Å²) in [5, 5.41) is 4.67. The van der Waals surface area contributed by atoms with Crippen LogP contribution < -0.4 is 11.3 Å². The van der Waals surface area contributed by atoms with Crippen molar-refractivity contribution in [3.63, 3.8) is 0 Å². The Morgan fingerprint density at radius 2 is 1.85 bits per heavy atom. The first kappa shape index (κ1) is 13.3. The number of hydrazine groups is 1. The van der Waals surface area contributed by atoms with Gasteiger partial charge >= 0.3 is 0 Å². The second-order valence-corrected chi connectivity index (χ2v) is 5.94. The highest BCUT2D eigenvalue weighted by molar-refractivity contribution is 7.09. The van der Waals surface area contributed by atoms with Crippen LogP contribution in [-0.4, -0.2) is 0 Å². The van der Waals surface area contributed by atoms with Crippen molar-refractivity contribution in [2.75, 3.05) is 0 Å². The maximum Gasteiger partial charge on any atom is 0.0469 e. The van der Waals surface area contributed by atoms with Crippen molar-refractivity contribution in [3.8, 4) is 0 Å². The van der Waals surface area contributed by atoms with Crippen LogP contribution in [0.1, 0.15) is 22.9 Å². The first-order chi connectivity index (χ1) is 9.88. The predicted molar refractivity (Wildman–Crippen MR) is 86.7 cm³/mol. The van der Waals surface area contributed by atoms with E-state index in [0.29, 0.717) is 0 Å². The van der Waals surface area contributed by atoms with Crippen molar-refractivity contribution >= 4 is 22.1 Å². The summed E-state index contributed by atoms with van der Waals surface area (Å²) < 4.78 is 0. The molecular formula is C17H18N2S. The lowest BCUT2D eigenvalue weighted by Crippen LogP contribution is -2.28. The SMILES string of the molecule is NNC(CCc1cccs1)c1cccc2ccccc12. The summed E-state index contributed by atoms with van der Waals surface area (Å²) in [6.07, 6.45) is 2.06. The van der Waals surface area contributed by atoms with Crippen molar-refractivity contribution in [2.45, 2.75) is 18.9 Å². The first-order valence-electron chi connectivity index (χ1n) is 6.84. The fraction of sp³-hybridized carbons (Fsp3) is 0.176. The molecule has 0 amide bonds. The molecule has 3 heteroatoms. The molecule has 2 nitrogen and oxygen atoms in total. The largest absolute Gasteiger partial charge is 0.271 e. The van der Waals surface area contributed by atoms with Crippen LogP contribution in [-0.2, 0) is 6.42 Å². The number of hydrogen-bond donors (Lipinski definition) is 2. The Bertz CT molecular complexity index is 671. The van der Waals surface area contributed by atoms with Crippen LogP contribution in [0.25, 0.3) is 10.8 Å². The summed E-state index contributed by atoms with van der Waals surface area (Å²) in [6, 6.07) is 19.3. The van der Waals surface area contributed by atoms with Gasteiger partial charge in [-0.3, -0.25) is 11.3 Å². The standard InChI is InChI=1S/C17H18N2S/c18-19-17(11-10-14-7-4-12-20-14)16-9-3-6-13-5-1-2-8-15(13)16/h1-9,12,17,19H,10-11,18H2. The summed E-state index contributed by atoms with van der Waals surface area (Å²) in [5.74, 6) is 5.79. The van der Waals surface area contributed by atoms with Gasteiger partial charge in [0.1, 0.15) is 0 Å². The van der Waals surface area contributed by atoms with E-state index in [0.717, 1.165) is 12.8 Å². The maximum atomic E-state index is 5.79. The Morgan fingerprint density at radius 3 is 2.65 bits per heavy atom. The molecule has 0 saturated heterocycles. The molecule has 1 unspecified atom stereocenters. The Labute approximate surface area is 123 Å². The van der Waals surface area contributed by atoms with Gasteiger partial charge in [-0.1, -0.05) is 48.5 Å².